The Kier molecular flexibility index (Phi) is 3.71. The zero-order chi connectivity index (χ0) is 15.8. The molecular weight excluding hydrogens is 290 g/mol. The van der Waals surface area contributed by atoms with Gasteiger partial charge in [-0.1, -0.05) is 18.9 Å². The van der Waals surface area contributed by atoms with Crippen molar-refractivity contribution in [3.8, 4) is 0 Å². The Balaban J connectivity index is 1.47. The summed E-state index contributed by atoms with van der Waals surface area (Å²) in [6.07, 6.45) is 6.25. The molecule has 0 bridgehead atoms. The summed E-state index contributed by atoms with van der Waals surface area (Å²) in [6, 6.07) is 7.61. The molecule has 5 heteroatoms. The largest absolute Gasteiger partial charge is 0.349 e. The van der Waals surface area contributed by atoms with Crippen molar-refractivity contribution in [1.29, 1.82) is 0 Å². The number of urea groups is 1. The van der Waals surface area contributed by atoms with Crippen molar-refractivity contribution >= 4 is 17.6 Å². The van der Waals surface area contributed by atoms with Gasteiger partial charge in [-0.2, -0.15) is 0 Å². The summed E-state index contributed by atoms with van der Waals surface area (Å²) in [7, 11) is 0. The number of carbonyl (C=O) groups is 2. The van der Waals surface area contributed by atoms with Gasteiger partial charge in [0.05, 0.1) is 0 Å². The van der Waals surface area contributed by atoms with Crippen molar-refractivity contribution in [3.63, 3.8) is 0 Å². The van der Waals surface area contributed by atoms with Crippen LogP contribution in [0, 0.1) is 11.8 Å². The number of nitrogens with one attached hydrogen (secondary N) is 2. The molecule has 1 aliphatic heterocycles. The van der Waals surface area contributed by atoms with Gasteiger partial charge in [0.1, 0.15) is 0 Å². The number of amides is 3. The Bertz CT molecular complexity index is 630. The SMILES string of the molecule is O=C(N[C@H]1CC[C@@H]2CCC[C@@H]21)c1cccc(N2CCNC2=O)c1. The predicted molar refractivity (Wildman–Crippen MR) is 88.5 cm³/mol. The molecule has 23 heavy (non-hydrogen) atoms. The van der Waals surface area contributed by atoms with Gasteiger partial charge in [-0.25, -0.2) is 4.79 Å². The smallest absolute Gasteiger partial charge is 0.321 e. The Morgan fingerprint density at radius 1 is 1.22 bits per heavy atom. The lowest BCUT2D eigenvalue weighted by atomic mass is 9.97. The average Bonchev–Trinajstić information content (AvgIpc) is 3.26. The van der Waals surface area contributed by atoms with Gasteiger partial charge >= 0.3 is 6.03 Å². The Hall–Kier alpha value is -2.04. The van der Waals surface area contributed by atoms with E-state index in [-0.39, 0.29) is 11.9 Å². The highest BCUT2D eigenvalue weighted by Gasteiger charge is 2.39. The monoisotopic (exact) mass is 313 g/mol. The first kappa shape index (κ1) is 14.5. The third kappa shape index (κ3) is 2.69. The minimum absolute atomic E-state index is 0.0102. The molecule has 1 aromatic rings. The number of carbonyl (C=O) groups excluding carboxylic acids is 2. The van der Waals surface area contributed by atoms with Crippen molar-refractivity contribution in [2.45, 2.75) is 38.1 Å². The highest BCUT2D eigenvalue weighted by atomic mass is 16.2. The zero-order valence-electron chi connectivity index (χ0n) is 13.3. The van der Waals surface area contributed by atoms with E-state index in [0.29, 0.717) is 30.6 Å². The van der Waals surface area contributed by atoms with Crippen LogP contribution < -0.4 is 15.5 Å². The van der Waals surface area contributed by atoms with E-state index >= 15 is 0 Å². The van der Waals surface area contributed by atoms with E-state index in [1.807, 2.05) is 24.3 Å². The third-order valence-corrected chi connectivity index (χ3v) is 5.68. The topological polar surface area (TPSA) is 61.4 Å². The van der Waals surface area contributed by atoms with E-state index in [2.05, 4.69) is 10.6 Å². The van der Waals surface area contributed by atoms with Crippen LogP contribution in [0.1, 0.15) is 42.5 Å². The first-order valence-corrected chi connectivity index (χ1v) is 8.68. The Morgan fingerprint density at radius 2 is 2.13 bits per heavy atom. The van der Waals surface area contributed by atoms with Gasteiger partial charge in [-0.05, 0) is 49.3 Å². The molecule has 3 atom stereocenters. The summed E-state index contributed by atoms with van der Waals surface area (Å²) < 4.78 is 0. The van der Waals surface area contributed by atoms with Crippen LogP contribution in [0.25, 0.3) is 0 Å². The molecule has 1 aromatic carbocycles. The molecular formula is C18H23N3O2. The molecule has 3 fully saturated rings. The molecule has 3 aliphatic rings. The number of anilines is 1. The highest BCUT2D eigenvalue weighted by molar-refractivity contribution is 5.98. The molecule has 122 valence electrons. The number of benzene rings is 1. The second-order valence-corrected chi connectivity index (χ2v) is 6.95. The van der Waals surface area contributed by atoms with Crippen molar-refractivity contribution in [2.75, 3.05) is 18.0 Å². The first-order valence-electron chi connectivity index (χ1n) is 8.68. The maximum Gasteiger partial charge on any atom is 0.321 e. The Morgan fingerprint density at radius 3 is 2.96 bits per heavy atom. The van der Waals surface area contributed by atoms with Crippen LogP contribution in [0.2, 0.25) is 0 Å². The molecule has 0 unspecified atom stereocenters. The van der Waals surface area contributed by atoms with Gasteiger partial charge in [0.25, 0.3) is 5.91 Å². The first-order chi connectivity index (χ1) is 11.2. The van der Waals surface area contributed by atoms with Gasteiger partial charge in [0, 0.05) is 30.4 Å². The maximum atomic E-state index is 12.6. The van der Waals surface area contributed by atoms with E-state index in [0.717, 1.165) is 18.0 Å². The maximum absolute atomic E-state index is 12.6. The summed E-state index contributed by atoms with van der Waals surface area (Å²) in [5.41, 5.74) is 1.43. The van der Waals surface area contributed by atoms with E-state index < -0.39 is 0 Å². The Labute approximate surface area is 136 Å². The van der Waals surface area contributed by atoms with Crippen LogP contribution in [0.4, 0.5) is 10.5 Å². The van der Waals surface area contributed by atoms with Crippen molar-refractivity contribution in [3.05, 3.63) is 29.8 Å². The summed E-state index contributed by atoms with van der Waals surface area (Å²) in [6.45, 7) is 1.30. The van der Waals surface area contributed by atoms with E-state index in [4.69, 9.17) is 0 Å². The van der Waals surface area contributed by atoms with Crippen molar-refractivity contribution in [2.24, 2.45) is 11.8 Å². The van der Waals surface area contributed by atoms with Crippen molar-refractivity contribution < 1.29 is 9.59 Å². The minimum Gasteiger partial charge on any atom is -0.349 e. The van der Waals surface area contributed by atoms with Crippen LogP contribution in [0.3, 0.4) is 0 Å². The van der Waals surface area contributed by atoms with Gasteiger partial charge in [0.2, 0.25) is 0 Å². The number of hydrogen-bond donors (Lipinski definition) is 2. The molecule has 2 saturated carbocycles. The lowest BCUT2D eigenvalue weighted by Gasteiger charge is -2.20. The quantitative estimate of drug-likeness (QED) is 0.901. The summed E-state index contributed by atoms with van der Waals surface area (Å²) >= 11 is 0. The van der Waals surface area contributed by atoms with E-state index in [1.54, 1.807) is 4.90 Å². The van der Waals surface area contributed by atoms with E-state index in [9.17, 15) is 9.59 Å². The predicted octanol–water partition coefficient (Wildman–Crippen LogP) is 2.52. The van der Waals surface area contributed by atoms with Crippen LogP contribution >= 0.6 is 0 Å². The standard InChI is InChI=1S/C18H23N3O2/c22-17(20-16-8-7-12-3-2-6-15(12)16)13-4-1-5-14(11-13)21-10-9-19-18(21)23/h1,4-5,11-12,15-16H,2-3,6-10H2,(H,19,23)(H,20,22)/t12-,15-,16-/m0/s1. The van der Waals surface area contributed by atoms with Gasteiger partial charge < -0.3 is 10.6 Å². The summed E-state index contributed by atoms with van der Waals surface area (Å²) in [5.74, 6) is 1.48. The van der Waals surface area contributed by atoms with Crippen molar-refractivity contribution in [1.82, 2.24) is 10.6 Å². The fourth-order valence-electron chi connectivity index (χ4n) is 4.53. The van der Waals surface area contributed by atoms with E-state index in [1.165, 1.54) is 25.7 Å². The third-order valence-electron chi connectivity index (χ3n) is 5.68. The summed E-state index contributed by atoms with van der Waals surface area (Å²) in [4.78, 5) is 26.1. The highest BCUT2D eigenvalue weighted by Crippen LogP contribution is 2.44. The molecule has 2 N–H and O–H groups in total. The number of rotatable bonds is 3. The average molecular weight is 313 g/mol. The number of fused-ring (bicyclic) bond motifs is 1. The second kappa shape index (κ2) is 5.87. The van der Waals surface area contributed by atoms with Gasteiger partial charge in [0.15, 0.2) is 0 Å². The van der Waals surface area contributed by atoms with Gasteiger partial charge in [-0.3, -0.25) is 9.69 Å². The number of nitrogens with zero attached hydrogens (tertiary/aromatic N) is 1. The molecule has 3 amide bonds. The fourth-order valence-corrected chi connectivity index (χ4v) is 4.53. The molecule has 0 spiro atoms. The fraction of sp³-hybridized carbons (Fsp3) is 0.556. The molecule has 1 heterocycles. The minimum atomic E-state index is -0.0906. The van der Waals surface area contributed by atoms with Crippen LogP contribution in [-0.2, 0) is 0 Å². The van der Waals surface area contributed by atoms with Crippen LogP contribution in [0.5, 0.6) is 0 Å². The summed E-state index contributed by atoms with van der Waals surface area (Å²) in [5, 5.41) is 6.02. The lowest BCUT2D eigenvalue weighted by molar-refractivity contribution is 0.0926. The van der Waals surface area contributed by atoms with Crippen LogP contribution in [0.15, 0.2) is 24.3 Å². The zero-order valence-corrected chi connectivity index (χ0v) is 13.3. The molecule has 1 saturated heterocycles. The number of hydrogen-bond acceptors (Lipinski definition) is 2. The molecule has 0 radical (unpaired) electrons. The normalized spacial score (nSPS) is 29.5. The lowest BCUT2D eigenvalue weighted by Crippen LogP contribution is -2.37. The van der Waals surface area contributed by atoms with Gasteiger partial charge in [-0.15, -0.1) is 0 Å². The molecule has 0 aromatic heterocycles. The molecule has 4 rings (SSSR count). The second-order valence-electron chi connectivity index (χ2n) is 6.95. The van der Waals surface area contributed by atoms with Crippen LogP contribution in [-0.4, -0.2) is 31.1 Å². The molecule has 2 aliphatic carbocycles. The molecule has 5 nitrogen and oxygen atoms in total.